The quantitative estimate of drug-likeness (QED) is 0.0558. The van der Waals surface area contributed by atoms with Crippen LogP contribution in [-0.2, 0) is 30.4 Å². The Morgan fingerprint density at radius 1 is 0.925 bits per heavy atom. The molecule has 4 amide bonds. The van der Waals surface area contributed by atoms with Crippen molar-refractivity contribution >= 4 is 35.6 Å². The number of nitrogens with one attached hydrogen (secondary N) is 3. The van der Waals surface area contributed by atoms with E-state index in [4.69, 9.17) is 22.9 Å². The lowest BCUT2D eigenvalue weighted by atomic mass is 9.96. The molecule has 0 aliphatic rings. The number of aromatic hydroxyl groups is 1. The lowest BCUT2D eigenvalue weighted by molar-refractivity contribution is -0.142. The van der Waals surface area contributed by atoms with Gasteiger partial charge in [-0.3, -0.25) is 24.2 Å². The summed E-state index contributed by atoms with van der Waals surface area (Å²) in [6, 6.07) is 0.953. The van der Waals surface area contributed by atoms with Crippen molar-refractivity contribution < 1.29 is 34.2 Å². The van der Waals surface area contributed by atoms with Crippen LogP contribution in [0.15, 0.2) is 29.3 Å². The molecule has 15 nitrogen and oxygen atoms in total. The van der Waals surface area contributed by atoms with Crippen LogP contribution < -0.4 is 38.9 Å². The number of carbonyl (C=O) groups excluding carboxylic acids is 4. The minimum absolute atomic E-state index is 0.00273. The number of guanidine groups is 1. The zero-order valence-corrected chi connectivity index (χ0v) is 22.6. The van der Waals surface area contributed by atoms with Gasteiger partial charge in [0.15, 0.2) is 5.96 Å². The summed E-state index contributed by atoms with van der Waals surface area (Å²) in [6.07, 6.45) is 0.284. The molecule has 1 aromatic rings. The number of benzene rings is 1. The lowest BCUT2D eigenvalue weighted by Crippen LogP contribution is -2.59. The summed E-state index contributed by atoms with van der Waals surface area (Å²) in [5, 5.41) is 26.7. The molecule has 0 fully saturated rings. The van der Waals surface area contributed by atoms with E-state index in [9.17, 15) is 34.2 Å². The topological polar surface area (TPSA) is 278 Å². The average molecular weight is 565 g/mol. The van der Waals surface area contributed by atoms with Gasteiger partial charge in [0.05, 0.1) is 12.5 Å². The Kier molecular flexibility index (Phi) is 13.9. The van der Waals surface area contributed by atoms with Crippen molar-refractivity contribution in [3.05, 3.63) is 29.8 Å². The van der Waals surface area contributed by atoms with Crippen molar-refractivity contribution in [1.82, 2.24) is 16.0 Å². The number of carboxylic acids is 1. The van der Waals surface area contributed by atoms with Gasteiger partial charge in [-0.05, 0) is 36.5 Å². The van der Waals surface area contributed by atoms with Crippen LogP contribution in [0.3, 0.4) is 0 Å². The van der Waals surface area contributed by atoms with E-state index in [2.05, 4.69) is 20.9 Å². The predicted molar refractivity (Wildman–Crippen MR) is 146 cm³/mol. The maximum absolute atomic E-state index is 13.4. The first-order valence-corrected chi connectivity index (χ1v) is 12.8. The van der Waals surface area contributed by atoms with Gasteiger partial charge in [-0.15, -0.1) is 0 Å². The highest BCUT2D eigenvalue weighted by atomic mass is 16.4. The SMILES string of the molecule is CCC(C)C(NC(=O)C(Cc1ccc(O)cc1)NC(=O)C(N)CC(N)=O)C(=O)NC(CCCN=C(N)N)C(=O)O. The summed E-state index contributed by atoms with van der Waals surface area (Å²) in [5.41, 5.74) is 21.9. The van der Waals surface area contributed by atoms with Crippen LogP contribution in [0.5, 0.6) is 5.75 Å². The highest BCUT2D eigenvalue weighted by Crippen LogP contribution is 2.14. The van der Waals surface area contributed by atoms with E-state index in [0.29, 0.717) is 12.0 Å². The van der Waals surface area contributed by atoms with Gasteiger partial charge in [0.2, 0.25) is 23.6 Å². The van der Waals surface area contributed by atoms with E-state index in [1.807, 2.05) is 0 Å². The van der Waals surface area contributed by atoms with Gasteiger partial charge in [0.25, 0.3) is 0 Å². The number of amides is 4. The number of rotatable bonds is 17. The van der Waals surface area contributed by atoms with Crippen LogP contribution in [-0.4, -0.2) is 76.5 Å². The largest absolute Gasteiger partial charge is 0.508 e. The van der Waals surface area contributed by atoms with E-state index in [-0.39, 0.29) is 37.5 Å². The van der Waals surface area contributed by atoms with Crippen LogP contribution in [0.1, 0.15) is 45.1 Å². The number of aliphatic imine (C=N–C) groups is 1. The minimum atomic E-state index is -1.31. The minimum Gasteiger partial charge on any atom is -0.508 e. The molecule has 0 aliphatic carbocycles. The summed E-state index contributed by atoms with van der Waals surface area (Å²) < 4.78 is 0. The molecule has 0 aliphatic heterocycles. The van der Waals surface area contributed by atoms with Gasteiger partial charge in [-0.2, -0.15) is 0 Å². The summed E-state index contributed by atoms with van der Waals surface area (Å²) in [6.45, 7) is 3.67. The van der Waals surface area contributed by atoms with Crippen LogP contribution in [0.25, 0.3) is 0 Å². The molecule has 1 rings (SSSR count). The number of phenolic OH excluding ortho intramolecular Hbond substituents is 1. The number of hydrogen-bond donors (Lipinski definition) is 9. The third kappa shape index (κ3) is 12.0. The molecule has 15 heteroatoms. The summed E-state index contributed by atoms with van der Waals surface area (Å²) in [4.78, 5) is 65.9. The molecule has 0 aromatic heterocycles. The van der Waals surface area contributed by atoms with Crippen LogP contribution >= 0.6 is 0 Å². The number of primary amides is 1. The van der Waals surface area contributed by atoms with Gasteiger partial charge in [0, 0.05) is 13.0 Å². The highest BCUT2D eigenvalue weighted by Gasteiger charge is 2.33. The zero-order valence-electron chi connectivity index (χ0n) is 22.6. The second-order valence-corrected chi connectivity index (χ2v) is 9.43. The molecule has 0 saturated heterocycles. The second-order valence-electron chi connectivity index (χ2n) is 9.43. The fourth-order valence-electron chi connectivity index (χ4n) is 3.64. The van der Waals surface area contributed by atoms with Gasteiger partial charge < -0.3 is 49.1 Å². The molecule has 0 saturated carbocycles. The molecule has 5 unspecified atom stereocenters. The van der Waals surface area contributed by atoms with Crippen molar-refractivity contribution in [2.75, 3.05) is 6.54 Å². The summed E-state index contributed by atoms with van der Waals surface area (Å²) in [7, 11) is 0. The molecule has 222 valence electrons. The Balaban J connectivity index is 3.12. The first-order chi connectivity index (χ1) is 18.7. The average Bonchev–Trinajstić information content (AvgIpc) is 2.88. The summed E-state index contributed by atoms with van der Waals surface area (Å²) in [5.74, 6) is -4.91. The fraction of sp³-hybridized carbons (Fsp3) is 0.520. The third-order valence-electron chi connectivity index (χ3n) is 6.12. The second kappa shape index (κ2) is 16.5. The lowest BCUT2D eigenvalue weighted by Gasteiger charge is -2.28. The number of nitrogens with zero attached hydrogens (tertiary/aromatic N) is 1. The molecular weight excluding hydrogens is 524 g/mol. The van der Waals surface area contributed by atoms with E-state index < -0.39 is 66.1 Å². The van der Waals surface area contributed by atoms with E-state index >= 15 is 0 Å². The first-order valence-electron chi connectivity index (χ1n) is 12.8. The van der Waals surface area contributed by atoms with E-state index in [1.54, 1.807) is 26.0 Å². The molecule has 1 aromatic carbocycles. The van der Waals surface area contributed by atoms with E-state index in [0.717, 1.165) is 0 Å². The monoisotopic (exact) mass is 564 g/mol. The number of carboxylic acid groups (broad SMARTS) is 1. The standard InChI is InChI=1S/C25H40N8O7/c1-3-13(2)20(23(38)31-17(24(39)40)5-4-10-30-25(28)29)33-22(37)18(11-14-6-8-15(34)9-7-14)32-21(36)16(26)12-19(27)35/h6-9,13,16-18,20,34H,3-5,10-12,26H2,1-2H3,(H2,27,35)(H,31,38)(H,32,36)(H,33,37)(H,39,40)(H4,28,29,30). The van der Waals surface area contributed by atoms with Crippen LogP contribution in [0.2, 0.25) is 0 Å². The van der Waals surface area contributed by atoms with Crippen LogP contribution in [0.4, 0.5) is 0 Å². The van der Waals surface area contributed by atoms with Gasteiger partial charge in [0.1, 0.15) is 23.9 Å². The molecule has 13 N–H and O–H groups in total. The molecule has 5 atom stereocenters. The maximum Gasteiger partial charge on any atom is 0.326 e. The van der Waals surface area contributed by atoms with Crippen molar-refractivity contribution in [3.8, 4) is 5.75 Å². The Morgan fingerprint density at radius 3 is 2.05 bits per heavy atom. The molecule has 0 bridgehead atoms. The normalized spacial score (nSPS) is 14.5. The van der Waals surface area contributed by atoms with Crippen molar-refractivity contribution in [2.24, 2.45) is 33.8 Å². The number of hydrogen-bond acceptors (Lipinski definition) is 8. The number of phenols is 1. The van der Waals surface area contributed by atoms with Crippen molar-refractivity contribution in [1.29, 1.82) is 0 Å². The number of aliphatic carboxylic acids is 1. The number of nitrogens with two attached hydrogens (primary N) is 4. The van der Waals surface area contributed by atoms with Crippen LogP contribution in [0, 0.1) is 5.92 Å². The molecule has 0 radical (unpaired) electrons. The zero-order chi connectivity index (χ0) is 30.4. The first kappa shape index (κ1) is 33.6. The van der Waals surface area contributed by atoms with Gasteiger partial charge >= 0.3 is 5.97 Å². The molecular formula is C25H40N8O7. The smallest absolute Gasteiger partial charge is 0.326 e. The third-order valence-corrected chi connectivity index (χ3v) is 6.12. The Labute approximate surface area is 232 Å². The molecule has 0 heterocycles. The molecule has 40 heavy (non-hydrogen) atoms. The summed E-state index contributed by atoms with van der Waals surface area (Å²) >= 11 is 0. The Bertz CT molecular complexity index is 1060. The fourth-order valence-corrected chi connectivity index (χ4v) is 3.64. The Hall–Kier alpha value is -4.40. The number of carbonyl (C=O) groups is 5. The Morgan fingerprint density at radius 2 is 1.52 bits per heavy atom. The predicted octanol–water partition coefficient (Wildman–Crippen LogP) is -2.22. The van der Waals surface area contributed by atoms with Gasteiger partial charge in [-0.25, -0.2) is 4.79 Å². The van der Waals surface area contributed by atoms with Crippen molar-refractivity contribution in [3.63, 3.8) is 0 Å². The van der Waals surface area contributed by atoms with Gasteiger partial charge in [-0.1, -0.05) is 32.4 Å². The van der Waals surface area contributed by atoms with E-state index in [1.165, 1.54) is 12.1 Å². The maximum atomic E-state index is 13.4. The molecule has 0 spiro atoms. The van der Waals surface area contributed by atoms with Crippen molar-refractivity contribution in [2.45, 2.75) is 70.1 Å². The highest BCUT2D eigenvalue weighted by molar-refractivity contribution is 5.95.